The molecule has 1 aromatic heterocycles. The number of rotatable bonds is 13. The van der Waals surface area contributed by atoms with Crippen LogP contribution in [0, 0.1) is 11.2 Å². The number of amides is 3. The number of allylic oxidation sites excluding steroid dienone is 1. The first kappa shape index (κ1) is 38.5. The second kappa shape index (κ2) is 16.4. The van der Waals surface area contributed by atoms with Crippen LogP contribution in [-0.2, 0) is 14.3 Å². The molecule has 2 fully saturated rings. The zero-order valence-corrected chi connectivity index (χ0v) is 31.1. The number of hydrogen-bond acceptors (Lipinski definition) is 9. The van der Waals surface area contributed by atoms with Crippen molar-refractivity contribution in [1.29, 1.82) is 0 Å². The first-order valence-corrected chi connectivity index (χ1v) is 18.2. The Hall–Kier alpha value is -5.24. The third kappa shape index (κ3) is 9.84. The molecule has 0 radical (unpaired) electrons. The van der Waals surface area contributed by atoms with E-state index in [0.29, 0.717) is 72.1 Å². The van der Waals surface area contributed by atoms with Crippen LogP contribution in [0.4, 0.5) is 19.3 Å². The van der Waals surface area contributed by atoms with Gasteiger partial charge >= 0.3 is 6.09 Å². The summed E-state index contributed by atoms with van der Waals surface area (Å²) in [7, 11) is 1.54. The molecule has 1 atom stereocenters. The fourth-order valence-corrected chi connectivity index (χ4v) is 6.39. The van der Waals surface area contributed by atoms with E-state index in [0.717, 1.165) is 26.1 Å². The van der Waals surface area contributed by atoms with Crippen molar-refractivity contribution in [2.45, 2.75) is 64.6 Å². The number of ether oxygens (including phenoxy) is 4. The Bertz CT molecular complexity index is 1920. The van der Waals surface area contributed by atoms with Gasteiger partial charge in [0.1, 0.15) is 23.0 Å². The molecule has 1 unspecified atom stereocenters. The number of methoxy groups -OCH3 is 1. The van der Waals surface area contributed by atoms with Crippen LogP contribution in [0.5, 0.6) is 17.2 Å². The van der Waals surface area contributed by atoms with Crippen LogP contribution in [0.3, 0.4) is 0 Å². The molecule has 2 heterocycles. The van der Waals surface area contributed by atoms with Gasteiger partial charge < -0.3 is 34.5 Å². The van der Waals surface area contributed by atoms with Gasteiger partial charge in [0.2, 0.25) is 11.8 Å². The molecule has 3 aliphatic rings. The first-order valence-electron chi connectivity index (χ1n) is 18.2. The second-order valence-electron chi connectivity index (χ2n) is 14.8. The molecule has 2 aliphatic carbocycles. The third-order valence-electron chi connectivity index (χ3n) is 9.53. The molecule has 3 amide bonds. The lowest BCUT2D eigenvalue weighted by molar-refractivity contribution is -0.129. The molecule has 3 aromatic rings. The Morgan fingerprint density at radius 3 is 2.37 bits per heavy atom. The smallest absolute Gasteiger partial charge is 0.410 e. The van der Waals surface area contributed by atoms with Crippen molar-refractivity contribution in [3.63, 3.8) is 0 Å². The van der Waals surface area contributed by atoms with E-state index in [1.54, 1.807) is 42.5 Å². The fraction of sp³-hybridized carbons (Fsp3) is 0.450. The van der Waals surface area contributed by atoms with Crippen molar-refractivity contribution in [1.82, 2.24) is 20.1 Å². The van der Waals surface area contributed by atoms with E-state index in [9.17, 15) is 18.8 Å². The van der Waals surface area contributed by atoms with E-state index < -0.39 is 28.8 Å². The Balaban J connectivity index is 0.991. The van der Waals surface area contributed by atoms with Gasteiger partial charge in [0, 0.05) is 74.6 Å². The minimum absolute atomic E-state index is 0.0386. The maximum Gasteiger partial charge on any atom is 0.410 e. The number of nitrogens with one attached hydrogen (secondary N) is 2. The maximum atomic E-state index is 15.4. The van der Waals surface area contributed by atoms with Crippen LogP contribution in [0.1, 0.15) is 52.9 Å². The van der Waals surface area contributed by atoms with Gasteiger partial charge in [0.15, 0.2) is 17.6 Å². The number of carbonyl (C=O) groups excluding carboxylic acids is 3. The number of benzene rings is 2. The number of piperazine rings is 1. The largest absolute Gasteiger partial charge is 0.493 e. The highest BCUT2D eigenvalue weighted by molar-refractivity contribution is 5.97. The van der Waals surface area contributed by atoms with E-state index in [1.165, 1.54) is 30.3 Å². The van der Waals surface area contributed by atoms with Crippen LogP contribution in [0.25, 0.3) is 10.9 Å². The van der Waals surface area contributed by atoms with Gasteiger partial charge in [-0.2, -0.15) is 0 Å². The third-order valence-corrected chi connectivity index (χ3v) is 9.53. The van der Waals surface area contributed by atoms with Crippen LogP contribution in [0.15, 0.2) is 72.3 Å². The lowest BCUT2D eigenvalue weighted by atomic mass is 9.99. The number of aromatic nitrogens is 1. The fourth-order valence-electron chi connectivity index (χ4n) is 6.39. The average molecular weight is 748 g/mol. The normalized spacial score (nSPS) is 18.3. The van der Waals surface area contributed by atoms with Crippen molar-refractivity contribution in [3.8, 4) is 17.2 Å². The van der Waals surface area contributed by atoms with E-state index in [1.807, 2.05) is 20.8 Å². The summed E-state index contributed by atoms with van der Waals surface area (Å²) in [6.07, 6.45) is 5.24. The summed E-state index contributed by atoms with van der Waals surface area (Å²) in [6.45, 7) is 9.59. The lowest BCUT2D eigenvalue weighted by Gasteiger charge is -2.35. The predicted octanol–water partition coefficient (Wildman–Crippen LogP) is 6.52. The summed E-state index contributed by atoms with van der Waals surface area (Å²) in [4.78, 5) is 46.6. The molecular weight excluding hydrogens is 700 g/mol. The number of anilines is 1. The van der Waals surface area contributed by atoms with Crippen molar-refractivity contribution < 1.29 is 42.1 Å². The molecule has 2 aromatic carbocycles. The molecule has 0 spiro atoms. The van der Waals surface area contributed by atoms with Gasteiger partial charge in [-0.05, 0) is 82.5 Å². The van der Waals surface area contributed by atoms with Crippen LogP contribution < -0.4 is 24.8 Å². The predicted molar refractivity (Wildman–Crippen MR) is 198 cm³/mol. The summed E-state index contributed by atoms with van der Waals surface area (Å²) in [5, 5.41) is 6.09. The number of hydrogen-bond donors (Lipinski definition) is 2. The highest BCUT2D eigenvalue weighted by Gasteiger charge is 2.51. The number of pyridine rings is 1. The molecular formula is C40H47F2N5O7. The first-order chi connectivity index (χ1) is 25.8. The molecule has 14 heteroatoms. The van der Waals surface area contributed by atoms with E-state index >= 15 is 4.39 Å². The van der Waals surface area contributed by atoms with Gasteiger partial charge in [-0.25, -0.2) is 13.6 Å². The topological polar surface area (TPSA) is 132 Å². The minimum atomic E-state index is -0.930. The molecule has 1 saturated heterocycles. The van der Waals surface area contributed by atoms with Crippen molar-refractivity contribution in [2.75, 3.05) is 51.8 Å². The highest BCUT2D eigenvalue weighted by Crippen LogP contribution is 2.49. The maximum absolute atomic E-state index is 15.4. The summed E-state index contributed by atoms with van der Waals surface area (Å²) >= 11 is 0. The van der Waals surface area contributed by atoms with Crippen LogP contribution in [-0.4, -0.2) is 90.8 Å². The Labute approximate surface area is 313 Å². The van der Waals surface area contributed by atoms with Crippen molar-refractivity contribution in [2.24, 2.45) is 5.41 Å². The monoisotopic (exact) mass is 747 g/mol. The lowest BCUT2D eigenvalue weighted by Crippen LogP contribution is -2.50. The molecule has 0 bridgehead atoms. The molecule has 1 aliphatic heterocycles. The van der Waals surface area contributed by atoms with Gasteiger partial charge in [0.05, 0.1) is 24.6 Å². The van der Waals surface area contributed by atoms with Crippen LogP contribution >= 0.6 is 0 Å². The van der Waals surface area contributed by atoms with E-state index in [2.05, 4.69) is 20.5 Å². The van der Waals surface area contributed by atoms with Gasteiger partial charge in [-0.15, -0.1) is 0 Å². The van der Waals surface area contributed by atoms with Crippen LogP contribution in [0.2, 0.25) is 0 Å². The van der Waals surface area contributed by atoms with Crippen molar-refractivity contribution >= 4 is 34.5 Å². The Morgan fingerprint density at radius 2 is 1.70 bits per heavy atom. The standard InChI is InChI=1S/C40H47F2N5O7/c1-39(2,3)54-38(50)47-19-17-46(18-20-47)16-5-21-52-35-24-31-29(23-34(35)51-4)32(12-15-43-31)53-33-11-10-28(22-30(33)42)45-37(49)40(13-14-40)25-36(48)44-27-8-6-26(41)7-9-27/h6-10,12,15,22-24,33H,5,11,13-14,16-21,25H2,1-4H3,(H,44,48)(H,45,49). The summed E-state index contributed by atoms with van der Waals surface area (Å²) in [6, 6.07) is 10.6. The zero-order valence-electron chi connectivity index (χ0n) is 31.1. The zero-order chi connectivity index (χ0) is 38.5. The van der Waals surface area contributed by atoms with Crippen molar-refractivity contribution in [3.05, 3.63) is 78.2 Å². The van der Waals surface area contributed by atoms with E-state index in [4.69, 9.17) is 18.9 Å². The number of halogens is 2. The number of nitrogens with zero attached hydrogens (tertiary/aromatic N) is 3. The molecule has 54 heavy (non-hydrogen) atoms. The molecule has 6 rings (SSSR count). The average Bonchev–Trinajstić information content (AvgIpc) is 3.92. The number of fused-ring (bicyclic) bond motifs is 1. The van der Waals surface area contributed by atoms with Gasteiger partial charge in [0.25, 0.3) is 0 Å². The SMILES string of the molecule is COc1cc2c(OC3CC=C(NC(=O)C4(CC(=O)Nc5ccc(F)cc5)CC4)C=C3F)ccnc2cc1OCCCN1CCN(C(=O)OC(C)(C)C)CC1. The summed E-state index contributed by atoms with van der Waals surface area (Å²) < 4.78 is 52.0. The number of carbonyl (C=O) groups is 3. The van der Waals surface area contributed by atoms with Gasteiger partial charge in [-0.3, -0.25) is 19.5 Å². The van der Waals surface area contributed by atoms with Gasteiger partial charge in [-0.1, -0.05) is 6.08 Å². The second-order valence-corrected chi connectivity index (χ2v) is 14.8. The summed E-state index contributed by atoms with van der Waals surface area (Å²) in [5.74, 6) is -0.263. The Morgan fingerprint density at radius 1 is 0.963 bits per heavy atom. The minimum Gasteiger partial charge on any atom is -0.493 e. The Kier molecular flexibility index (Phi) is 11.7. The highest BCUT2D eigenvalue weighted by atomic mass is 19.1. The quantitative estimate of drug-likeness (QED) is 0.188. The molecule has 12 nitrogen and oxygen atoms in total. The summed E-state index contributed by atoms with van der Waals surface area (Å²) in [5.41, 5.74) is -0.0685. The molecule has 288 valence electrons. The molecule has 1 saturated carbocycles. The molecule has 2 N–H and O–H groups in total. The van der Waals surface area contributed by atoms with E-state index in [-0.39, 0.29) is 30.7 Å².